The van der Waals surface area contributed by atoms with Crippen molar-refractivity contribution in [3.63, 3.8) is 0 Å². The molecular weight excluding hydrogens is 797 g/mol. The fraction of sp³-hybridized carbons (Fsp3) is 0.0339. The molecule has 0 amide bonds. The molecule has 12 aromatic rings. The molecule has 12 rings (SSSR count). The van der Waals surface area contributed by atoms with Crippen LogP contribution >= 0.6 is 11.3 Å². The van der Waals surface area contributed by atoms with Crippen molar-refractivity contribution < 1.29 is 0 Å². The number of hydrogen-bond acceptors (Lipinski definition) is 4. The fourth-order valence-electron chi connectivity index (χ4n) is 9.21. The van der Waals surface area contributed by atoms with Crippen molar-refractivity contribution in [2.75, 3.05) is 0 Å². The Kier molecular flexibility index (Phi) is 9.09. The van der Waals surface area contributed by atoms with Crippen LogP contribution in [0.2, 0.25) is 0 Å². The summed E-state index contributed by atoms with van der Waals surface area (Å²) in [4.78, 5) is 15.8. The van der Waals surface area contributed by atoms with Gasteiger partial charge in [0.2, 0.25) is 0 Å². The highest BCUT2D eigenvalue weighted by atomic mass is 32.1. The second-order valence-corrected chi connectivity index (χ2v) is 17.7. The third-order valence-corrected chi connectivity index (χ3v) is 13.5. The summed E-state index contributed by atoms with van der Waals surface area (Å²) in [6, 6.07) is 74.1. The van der Waals surface area contributed by atoms with Gasteiger partial charge < -0.3 is 4.57 Å². The van der Waals surface area contributed by atoms with Crippen molar-refractivity contribution in [2.24, 2.45) is 0 Å². The lowest BCUT2D eigenvalue weighted by Gasteiger charge is -2.17. The first-order chi connectivity index (χ1) is 31.5. The predicted octanol–water partition coefficient (Wildman–Crippen LogP) is 16.0. The van der Waals surface area contributed by atoms with Crippen LogP contribution < -0.4 is 0 Å². The van der Waals surface area contributed by atoms with E-state index in [1.807, 2.05) is 47.7 Å². The third kappa shape index (κ3) is 6.66. The van der Waals surface area contributed by atoms with Gasteiger partial charge in [0.1, 0.15) is 0 Å². The first kappa shape index (κ1) is 37.7. The number of benzene rings is 9. The zero-order chi connectivity index (χ0) is 42.7. The monoisotopic (exact) mass is 836 g/mol. The predicted molar refractivity (Wildman–Crippen MR) is 269 cm³/mol. The van der Waals surface area contributed by atoms with Crippen molar-refractivity contribution in [1.82, 2.24) is 19.5 Å². The van der Waals surface area contributed by atoms with Crippen LogP contribution in [0, 0.1) is 13.8 Å². The SMILES string of the molecule is Cc1cccc(-c2ccc3c4ccc(-c5cccc(C)c5)cc4n(-c4ccc(-c5ccc6sc7ccccc7c6c5)cc4-c4nc(-c5ccccc5)nc(-c5ccccc5)n4)c3c2)c1. The van der Waals surface area contributed by atoms with Gasteiger partial charge in [0.15, 0.2) is 17.5 Å². The number of aryl methyl sites for hydroxylation is 2. The topological polar surface area (TPSA) is 43.6 Å². The summed E-state index contributed by atoms with van der Waals surface area (Å²) >= 11 is 1.84. The molecule has 0 aliphatic heterocycles. The fourth-order valence-corrected chi connectivity index (χ4v) is 10.3. The van der Waals surface area contributed by atoms with E-state index >= 15 is 0 Å². The Hall–Kier alpha value is -7.99. The molecule has 64 heavy (non-hydrogen) atoms. The number of thiophene rings is 1. The molecule has 3 heterocycles. The van der Waals surface area contributed by atoms with Crippen LogP contribution in [0.3, 0.4) is 0 Å². The minimum absolute atomic E-state index is 0.603. The van der Waals surface area contributed by atoms with Crippen LogP contribution in [0.15, 0.2) is 206 Å². The van der Waals surface area contributed by atoms with E-state index in [-0.39, 0.29) is 0 Å². The molecule has 0 unspecified atom stereocenters. The molecule has 0 N–H and O–H groups in total. The normalized spacial score (nSPS) is 11.6. The molecule has 0 atom stereocenters. The van der Waals surface area contributed by atoms with Gasteiger partial charge in [-0.05, 0) is 89.7 Å². The Balaban J connectivity index is 1.17. The zero-order valence-corrected chi connectivity index (χ0v) is 36.1. The first-order valence-electron chi connectivity index (χ1n) is 21.7. The third-order valence-electron chi connectivity index (χ3n) is 12.4. The molecular formula is C59H40N4S. The summed E-state index contributed by atoms with van der Waals surface area (Å²) in [5.74, 6) is 1.85. The van der Waals surface area contributed by atoms with Crippen LogP contribution in [0.5, 0.6) is 0 Å². The zero-order valence-electron chi connectivity index (χ0n) is 35.3. The summed E-state index contributed by atoms with van der Waals surface area (Å²) in [6.45, 7) is 4.31. The standard InChI is InChI=1S/C59H40N4S/c1-37-13-11-19-41(31-37)45-23-27-47-48-28-24-46(42-20-12-14-38(2)32-42)36-54(48)63(53(47)35-45)52-29-25-43(44-26-30-56-50(33-44)49-21-9-10-22-55(49)64-56)34-51(52)59-61-57(39-15-5-3-6-16-39)60-58(62-59)40-17-7-4-8-18-40/h3-36H,1-2H3. The summed E-state index contributed by atoms with van der Waals surface area (Å²) in [6.07, 6.45) is 0. The van der Waals surface area contributed by atoms with Crippen molar-refractivity contribution >= 4 is 53.3 Å². The van der Waals surface area contributed by atoms with Crippen LogP contribution in [-0.4, -0.2) is 19.5 Å². The summed E-state index contributed by atoms with van der Waals surface area (Å²) in [5.41, 5.74) is 15.3. The quantitative estimate of drug-likeness (QED) is 0.161. The Morgan fingerprint density at radius 1 is 0.328 bits per heavy atom. The van der Waals surface area contributed by atoms with Gasteiger partial charge in [0.25, 0.3) is 0 Å². The molecule has 3 aromatic heterocycles. The van der Waals surface area contributed by atoms with Gasteiger partial charge in [-0.3, -0.25) is 0 Å². The molecule has 0 saturated carbocycles. The minimum atomic E-state index is 0.603. The average Bonchev–Trinajstić information content (AvgIpc) is 3.89. The van der Waals surface area contributed by atoms with E-state index in [0.29, 0.717) is 17.5 Å². The first-order valence-corrected chi connectivity index (χ1v) is 22.5. The van der Waals surface area contributed by atoms with Crippen LogP contribution in [0.1, 0.15) is 11.1 Å². The van der Waals surface area contributed by atoms with E-state index < -0.39 is 0 Å². The number of nitrogens with zero attached hydrogens (tertiary/aromatic N) is 4. The number of hydrogen-bond donors (Lipinski definition) is 0. The van der Waals surface area contributed by atoms with E-state index in [2.05, 4.69) is 188 Å². The van der Waals surface area contributed by atoms with Gasteiger partial charge >= 0.3 is 0 Å². The molecule has 9 aromatic carbocycles. The Morgan fingerprint density at radius 3 is 1.41 bits per heavy atom. The number of aromatic nitrogens is 4. The number of rotatable bonds is 7. The average molecular weight is 837 g/mol. The molecule has 5 heteroatoms. The van der Waals surface area contributed by atoms with Crippen LogP contribution in [0.4, 0.5) is 0 Å². The van der Waals surface area contributed by atoms with Crippen molar-refractivity contribution in [3.05, 3.63) is 217 Å². The van der Waals surface area contributed by atoms with E-state index in [1.54, 1.807) is 0 Å². The molecule has 0 saturated heterocycles. The summed E-state index contributed by atoms with van der Waals surface area (Å²) < 4.78 is 5.00. The van der Waals surface area contributed by atoms with Crippen molar-refractivity contribution in [3.8, 4) is 73.2 Å². The lowest BCUT2D eigenvalue weighted by atomic mass is 9.99. The lowest BCUT2D eigenvalue weighted by molar-refractivity contribution is 1.06. The molecule has 0 aliphatic carbocycles. The molecule has 302 valence electrons. The molecule has 0 bridgehead atoms. The van der Waals surface area contributed by atoms with Gasteiger partial charge in [-0.1, -0.05) is 175 Å². The van der Waals surface area contributed by atoms with Gasteiger partial charge in [0.05, 0.1) is 16.7 Å². The Bertz CT molecular complexity index is 3590. The van der Waals surface area contributed by atoms with Crippen LogP contribution in [-0.2, 0) is 0 Å². The molecule has 0 aliphatic rings. The van der Waals surface area contributed by atoms with E-state index in [4.69, 9.17) is 15.0 Å². The second kappa shape index (κ2) is 15.4. The maximum atomic E-state index is 5.36. The minimum Gasteiger partial charge on any atom is -0.308 e. The van der Waals surface area contributed by atoms with Gasteiger partial charge in [-0.2, -0.15) is 0 Å². The summed E-state index contributed by atoms with van der Waals surface area (Å²) in [7, 11) is 0. The summed E-state index contributed by atoms with van der Waals surface area (Å²) in [5, 5.41) is 4.89. The molecule has 4 nitrogen and oxygen atoms in total. The smallest absolute Gasteiger partial charge is 0.166 e. The second-order valence-electron chi connectivity index (χ2n) is 16.6. The van der Waals surface area contributed by atoms with Crippen molar-refractivity contribution in [2.45, 2.75) is 13.8 Å². The van der Waals surface area contributed by atoms with E-state index in [9.17, 15) is 0 Å². The maximum absolute atomic E-state index is 5.36. The van der Waals surface area contributed by atoms with Crippen LogP contribution in [0.25, 0.3) is 115 Å². The highest BCUT2D eigenvalue weighted by Crippen LogP contribution is 2.42. The number of fused-ring (bicyclic) bond motifs is 6. The maximum Gasteiger partial charge on any atom is 0.166 e. The largest absolute Gasteiger partial charge is 0.308 e. The van der Waals surface area contributed by atoms with E-state index in [0.717, 1.165) is 55.7 Å². The lowest BCUT2D eigenvalue weighted by Crippen LogP contribution is -2.04. The highest BCUT2D eigenvalue weighted by Gasteiger charge is 2.22. The van der Waals surface area contributed by atoms with Crippen molar-refractivity contribution in [1.29, 1.82) is 0 Å². The van der Waals surface area contributed by atoms with E-state index in [1.165, 1.54) is 53.2 Å². The molecule has 0 radical (unpaired) electrons. The highest BCUT2D eigenvalue weighted by molar-refractivity contribution is 7.25. The van der Waals surface area contributed by atoms with Gasteiger partial charge in [-0.15, -0.1) is 11.3 Å². The Morgan fingerprint density at radius 2 is 0.797 bits per heavy atom. The molecule has 0 spiro atoms. The Labute approximate surface area is 375 Å². The molecule has 0 fully saturated rings. The van der Waals surface area contributed by atoms with Gasteiger partial charge in [0, 0.05) is 47.6 Å². The van der Waals surface area contributed by atoms with Gasteiger partial charge in [-0.25, -0.2) is 15.0 Å².